The number of aryl methyl sites for hydroxylation is 1. The van der Waals surface area contributed by atoms with Crippen molar-refractivity contribution in [1.29, 1.82) is 0 Å². The van der Waals surface area contributed by atoms with Crippen LogP contribution in [0.1, 0.15) is 0 Å². The topological polar surface area (TPSA) is 33.8 Å². The monoisotopic (exact) mass is 215 g/mol. The Balaban J connectivity index is 2.24. The number of hydrogen-bond acceptors (Lipinski definition) is 1. The Labute approximate surface area is 95.8 Å². The lowest BCUT2D eigenvalue weighted by atomic mass is 10.1. The van der Waals surface area contributed by atoms with Gasteiger partial charge in [-0.05, 0) is 11.1 Å². The number of nitrogens with zero attached hydrogens (tertiary/aromatic N) is 2. The molecule has 16 heavy (non-hydrogen) atoms. The molecule has 0 radical (unpaired) electrons. The molecule has 3 heteroatoms. The van der Waals surface area contributed by atoms with Crippen molar-refractivity contribution in [3.05, 3.63) is 49.1 Å². The molecule has 0 aromatic carbocycles. The molecule has 0 fully saturated rings. The lowest BCUT2D eigenvalue weighted by molar-refractivity contribution is -0.694. The number of pyridine rings is 2. The Kier molecular flexibility index (Phi) is 3.27. The number of hydrogen-bond donors (Lipinski definition) is 1. The van der Waals surface area contributed by atoms with E-state index in [1.807, 2.05) is 11.6 Å². The first-order valence-corrected chi connectivity index (χ1v) is 5.44. The number of nitrogens with two attached hydrogens (primary N) is 1. The predicted molar refractivity (Wildman–Crippen MR) is 62.3 cm³/mol. The zero-order chi connectivity index (χ0) is 11.4. The van der Waals surface area contributed by atoms with Gasteiger partial charge in [0.15, 0.2) is 31.3 Å². The van der Waals surface area contributed by atoms with Gasteiger partial charge in [0.1, 0.15) is 7.05 Å². The van der Waals surface area contributed by atoms with E-state index in [4.69, 9.17) is 5.73 Å². The molecule has 2 heterocycles. The van der Waals surface area contributed by atoms with E-state index in [9.17, 15) is 0 Å². The van der Waals surface area contributed by atoms with Crippen molar-refractivity contribution in [2.75, 3.05) is 6.54 Å². The highest BCUT2D eigenvalue weighted by molar-refractivity contribution is 5.60. The average Bonchev–Trinajstić information content (AvgIpc) is 2.32. The third-order valence-corrected chi connectivity index (χ3v) is 2.59. The minimum atomic E-state index is 0.672. The lowest BCUT2D eigenvalue weighted by Crippen LogP contribution is -2.36. The molecule has 82 valence electrons. The first-order chi connectivity index (χ1) is 7.79. The summed E-state index contributed by atoms with van der Waals surface area (Å²) < 4.78 is 4.12. The van der Waals surface area contributed by atoms with Crippen molar-refractivity contribution in [3.8, 4) is 11.1 Å². The standard InChI is InChI=1S/C13H17N3/c1-15-7-2-12(3-8-15)13-4-9-16(10-5-13)11-6-14/h2-5,7-10H,6,11,14H2,1H3/q+2. The van der Waals surface area contributed by atoms with Crippen molar-refractivity contribution < 1.29 is 9.13 Å². The fourth-order valence-electron chi connectivity index (χ4n) is 1.64. The second kappa shape index (κ2) is 4.86. The molecule has 0 aliphatic carbocycles. The zero-order valence-electron chi connectivity index (χ0n) is 9.50. The van der Waals surface area contributed by atoms with Crippen LogP contribution in [0.2, 0.25) is 0 Å². The minimum absolute atomic E-state index is 0.672. The molecule has 0 amide bonds. The van der Waals surface area contributed by atoms with Gasteiger partial charge >= 0.3 is 0 Å². The van der Waals surface area contributed by atoms with Crippen LogP contribution in [0.15, 0.2) is 49.1 Å². The highest BCUT2D eigenvalue weighted by atomic mass is 14.9. The van der Waals surface area contributed by atoms with Crippen LogP contribution in [0, 0.1) is 0 Å². The van der Waals surface area contributed by atoms with E-state index < -0.39 is 0 Å². The Morgan fingerprint density at radius 3 is 1.94 bits per heavy atom. The molecule has 2 aromatic rings. The lowest BCUT2D eigenvalue weighted by Gasteiger charge is -1.99. The molecule has 0 saturated heterocycles. The fraction of sp³-hybridized carbons (Fsp3) is 0.231. The SMILES string of the molecule is C[n+]1ccc(-c2cc[n+](CCN)cc2)cc1. The van der Waals surface area contributed by atoms with Gasteiger partial charge in [0, 0.05) is 24.3 Å². The van der Waals surface area contributed by atoms with E-state index in [1.54, 1.807) is 0 Å². The summed E-state index contributed by atoms with van der Waals surface area (Å²) in [6.07, 6.45) is 8.23. The van der Waals surface area contributed by atoms with Crippen molar-refractivity contribution in [2.45, 2.75) is 6.54 Å². The molecule has 0 bridgehead atoms. The molecule has 0 atom stereocenters. The van der Waals surface area contributed by atoms with E-state index in [0.717, 1.165) is 6.54 Å². The van der Waals surface area contributed by atoms with Gasteiger partial charge < -0.3 is 5.73 Å². The molecular formula is C13H17N3+2. The van der Waals surface area contributed by atoms with Gasteiger partial charge in [0.25, 0.3) is 0 Å². The summed E-state index contributed by atoms with van der Waals surface area (Å²) in [5, 5.41) is 0. The second-order valence-electron chi connectivity index (χ2n) is 3.87. The fourth-order valence-corrected chi connectivity index (χ4v) is 1.64. The maximum Gasteiger partial charge on any atom is 0.169 e. The van der Waals surface area contributed by atoms with Crippen LogP contribution in [0.5, 0.6) is 0 Å². The van der Waals surface area contributed by atoms with Crippen LogP contribution in [0.4, 0.5) is 0 Å². The third-order valence-electron chi connectivity index (χ3n) is 2.59. The van der Waals surface area contributed by atoms with Crippen LogP contribution in [0.3, 0.4) is 0 Å². The van der Waals surface area contributed by atoms with E-state index in [0.29, 0.717) is 6.54 Å². The zero-order valence-corrected chi connectivity index (χ0v) is 9.50. The highest BCUT2D eigenvalue weighted by Crippen LogP contribution is 2.15. The minimum Gasteiger partial charge on any atom is -0.325 e. The number of rotatable bonds is 3. The van der Waals surface area contributed by atoms with E-state index in [2.05, 4.69) is 53.6 Å². The van der Waals surface area contributed by atoms with Crippen molar-refractivity contribution in [2.24, 2.45) is 12.8 Å². The molecule has 2 rings (SSSR count). The first kappa shape index (κ1) is 10.8. The summed E-state index contributed by atoms with van der Waals surface area (Å²) in [5.74, 6) is 0. The van der Waals surface area contributed by atoms with E-state index in [1.165, 1.54) is 11.1 Å². The van der Waals surface area contributed by atoms with Crippen molar-refractivity contribution in [3.63, 3.8) is 0 Å². The summed E-state index contributed by atoms with van der Waals surface area (Å²) in [6, 6.07) is 8.46. The largest absolute Gasteiger partial charge is 0.325 e. The summed E-state index contributed by atoms with van der Waals surface area (Å²) in [5.41, 5.74) is 7.97. The summed E-state index contributed by atoms with van der Waals surface area (Å²) in [4.78, 5) is 0. The summed E-state index contributed by atoms with van der Waals surface area (Å²) >= 11 is 0. The van der Waals surface area contributed by atoms with Gasteiger partial charge in [-0.2, -0.15) is 0 Å². The second-order valence-corrected chi connectivity index (χ2v) is 3.87. The Morgan fingerprint density at radius 2 is 1.44 bits per heavy atom. The van der Waals surface area contributed by atoms with Crippen LogP contribution in [0.25, 0.3) is 11.1 Å². The first-order valence-electron chi connectivity index (χ1n) is 5.44. The van der Waals surface area contributed by atoms with E-state index >= 15 is 0 Å². The third kappa shape index (κ3) is 2.44. The van der Waals surface area contributed by atoms with Crippen LogP contribution >= 0.6 is 0 Å². The van der Waals surface area contributed by atoms with Crippen LogP contribution in [-0.4, -0.2) is 6.54 Å². The average molecular weight is 215 g/mol. The van der Waals surface area contributed by atoms with Gasteiger partial charge in [-0.15, -0.1) is 0 Å². The number of aromatic nitrogens is 2. The Hall–Kier alpha value is -1.74. The van der Waals surface area contributed by atoms with Gasteiger partial charge in [0.2, 0.25) is 0 Å². The maximum absolute atomic E-state index is 5.50. The normalized spacial score (nSPS) is 10.4. The highest BCUT2D eigenvalue weighted by Gasteiger charge is 2.02. The molecule has 2 N–H and O–H groups in total. The maximum atomic E-state index is 5.50. The quantitative estimate of drug-likeness (QED) is 0.740. The summed E-state index contributed by atoms with van der Waals surface area (Å²) in [7, 11) is 2.02. The summed E-state index contributed by atoms with van der Waals surface area (Å²) in [6.45, 7) is 1.54. The molecule has 3 nitrogen and oxygen atoms in total. The molecule has 0 aliphatic heterocycles. The predicted octanol–water partition coefficient (Wildman–Crippen LogP) is 0.424. The molecule has 0 aliphatic rings. The van der Waals surface area contributed by atoms with Crippen LogP contribution in [-0.2, 0) is 13.6 Å². The van der Waals surface area contributed by atoms with E-state index in [-0.39, 0.29) is 0 Å². The molecule has 0 spiro atoms. The van der Waals surface area contributed by atoms with Gasteiger partial charge in [-0.25, -0.2) is 9.13 Å². The molecule has 2 aromatic heterocycles. The van der Waals surface area contributed by atoms with Gasteiger partial charge in [-0.1, -0.05) is 0 Å². The van der Waals surface area contributed by atoms with Crippen molar-refractivity contribution in [1.82, 2.24) is 0 Å². The molecule has 0 unspecified atom stereocenters. The van der Waals surface area contributed by atoms with Crippen molar-refractivity contribution >= 4 is 0 Å². The van der Waals surface area contributed by atoms with Gasteiger partial charge in [0.05, 0.1) is 6.54 Å². The molecule has 0 saturated carbocycles. The Bertz CT molecular complexity index is 446. The van der Waals surface area contributed by atoms with Crippen LogP contribution < -0.4 is 14.9 Å². The molecular weight excluding hydrogens is 198 g/mol. The smallest absolute Gasteiger partial charge is 0.169 e. The Morgan fingerprint density at radius 1 is 0.938 bits per heavy atom. The van der Waals surface area contributed by atoms with Gasteiger partial charge in [-0.3, -0.25) is 0 Å².